The zero-order valence-electron chi connectivity index (χ0n) is 14.2. The molecule has 1 fully saturated rings. The molecule has 23 heavy (non-hydrogen) atoms. The summed E-state index contributed by atoms with van der Waals surface area (Å²) in [7, 11) is 2.19. The smallest absolute Gasteiger partial charge is 0.258 e. The molecule has 2 aliphatic rings. The highest BCUT2D eigenvalue weighted by Crippen LogP contribution is 2.31. The number of hydrogen-bond donors (Lipinski definition) is 0. The lowest BCUT2D eigenvalue weighted by Gasteiger charge is -2.34. The van der Waals surface area contributed by atoms with Gasteiger partial charge in [0.15, 0.2) is 0 Å². The van der Waals surface area contributed by atoms with Gasteiger partial charge in [-0.15, -0.1) is 0 Å². The first-order chi connectivity index (χ1) is 11.1. The predicted molar refractivity (Wildman–Crippen MR) is 95.2 cm³/mol. The van der Waals surface area contributed by atoms with Crippen LogP contribution in [0.25, 0.3) is 10.8 Å². The lowest BCUT2D eigenvalue weighted by molar-refractivity contribution is 0.178. The SMILES string of the molecule is C[C@H](C1CCN(C)CC1)n1cc2c3c(cccc3c1=O)CCC2. The van der Waals surface area contributed by atoms with Crippen LogP contribution in [0.1, 0.15) is 43.4 Å². The third kappa shape index (κ3) is 2.51. The van der Waals surface area contributed by atoms with E-state index in [9.17, 15) is 4.79 Å². The zero-order valence-corrected chi connectivity index (χ0v) is 14.2. The summed E-state index contributed by atoms with van der Waals surface area (Å²) < 4.78 is 2.04. The zero-order chi connectivity index (χ0) is 16.0. The first kappa shape index (κ1) is 14.9. The number of benzene rings is 1. The lowest BCUT2D eigenvalue weighted by Crippen LogP contribution is -2.36. The van der Waals surface area contributed by atoms with E-state index < -0.39 is 0 Å². The van der Waals surface area contributed by atoms with Crippen LogP contribution < -0.4 is 5.56 Å². The molecule has 0 N–H and O–H groups in total. The summed E-state index contributed by atoms with van der Waals surface area (Å²) in [4.78, 5) is 15.5. The van der Waals surface area contributed by atoms with E-state index in [1.54, 1.807) is 0 Å². The Bertz CT molecular complexity index is 784. The Morgan fingerprint density at radius 3 is 2.65 bits per heavy atom. The number of likely N-dealkylation sites (tertiary alicyclic amines) is 1. The van der Waals surface area contributed by atoms with E-state index >= 15 is 0 Å². The fraction of sp³-hybridized carbons (Fsp3) is 0.550. The monoisotopic (exact) mass is 310 g/mol. The van der Waals surface area contributed by atoms with Gasteiger partial charge in [0.2, 0.25) is 0 Å². The Balaban J connectivity index is 1.79. The van der Waals surface area contributed by atoms with Crippen molar-refractivity contribution >= 4 is 10.8 Å². The Hall–Kier alpha value is -1.61. The van der Waals surface area contributed by atoms with E-state index in [0.29, 0.717) is 12.0 Å². The average molecular weight is 310 g/mol. The Morgan fingerprint density at radius 2 is 1.87 bits per heavy atom. The van der Waals surface area contributed by atoms with Gasteiger partial charge < -0.3 is 9.47 Å². The molecule has 0 saturated carbocycles. The van der Waals surface area contributed by atoms with Gasteiger partial charge in [0.25, 0.3) is 5.56 Å². The van der Waals surface area contributed by atoms with Crippen molar-refractivity contribution in [3.63, 3.8) is 0 Å². The van der Waals surface area contributed by atoms with Crippen LogP contribution in [0.5, 0.6) is 0 Å². The van der Waals surface area contributed by atoms with Crippen molar-refractivity contribution in [1.29, 1.82) is 0 Å². The summed E-state index contributed by atoms with van der Waals surface area (Å²) in [6, 6.07) is 6.56. The largest absolute Gasteiger partial charge is 0.312 e. The van der Waals surface area contributed by atoms with E-state index in [1.165, 1.54) is 35.8 Å². The minimum Gasteiger partial charge on any atom is -0.312 e. The van der Waals surface area contributed by atoms with Gasteiger partial charge in [0.05, 0.1) is 0 Å². The van der Waals surface area contributed by atoms with Gasteiger partial charge in [-0.3, -0.25) is 4.79 Å². The normalized spacial score (nSPS) is 20.8. The van der Waals surface area contributed by atoms with Crippen LogP contribution in [0.15, 0.2) is 29.2 Å². The Labute approximate surface area is 137 Å². The standard InChI is InChI=1S/C20H26N2O/c1-14(15-9-11-21(2)12-10-15)22-13-17-7-3-5-16-6-4-8-18(19(16)17)20(22)23/h4,6,8,13-15H,3,5,7,9-12H2,1-2H3/t14-/m1/s1. The number of piperidine rings is 1. The molecule has 1 saturated heterocycles. The molecule has 4 rings (SSSR count). The number of rotatable bonds is 2. The molecule has 2 heterocycles. The number of hydrogen-bond acceptors (Lipinski definition) is 2. The fourth-order valence-electron chi connectivity index (χ4n) is 4.50. The minimum atomic E-state index is 0.207. The van der Waals surface area contributed by atoms with E-state index in [2.05, 4.69) is 37.2 Å². The summed E-state index contributed by atoms with van der Waals surface area (Å²) in [6.07, 6.45) is 7.98. The molecule has 3 nitrogen and oxygen atoms in total. The Morgan fingerprint density at radius 1 is 1.13 bits per heavy atom. The summed E-state index contributed by atoms with van der Waals surface area (Å²) >= 11 is 0. The molecule has 0 bridgehead atoms. The van der Waals surface area contributed by atoms with Crippen molar-refractivity contribution < 1.29 is 0 Å². The van der Waals surface area contributed by atoms with Gasteiger partial charge in [0, 0.05) is 17.6 Å². The van der Waals surface area contributed by atoms with Crippen molar-refractivity contribution in [3.05, 3.63) is 45.9 Å². The van der Waals surface area contributed by atoms with Gasteiger partial charge in [-0.25, -0.2) is 0 Å². The molecule has 1 aliphatic carbocycles. The van der Waals surface area contributed by atoms with Gasteiger partial charge >= 0.3 is 0 Å². The highest BCUT2D eigenvalue weighted by molar-refractivity contribution is 5.88. The minimum absolute atomic E-state index is 0.207. The van der Waals surface area contributed by atoms with Crippen molar-refractivity contribution in [2.24, 2.45) is 5.92 Å². The summed E-state index contributed by atoms with van der Waals surface area (Å²) in [5, 5.41) is 2.18. The maximum atomic E-state index is 13.1. The molecular weight excluding hydrogens is 284 g/mol. The number of aryl methyl sites for hydroxylation is 2. The van der Waals surface area contributed by atoms with Gasteiger partial charge in [0.1, 0.15) is 0 Å². The molecule has 3 heteroatoms. The van der Waals surface area contributed by atoms with Crippen LogP contribution in [-0.4, -0.2) is 29.6 Å². The molecule has 0 unspecified atom stereocenters. The van der Waals surface area contributed by atoms with E-state index in [1.807, 2.05) is 10.6 Å². The second-order valence-electron chi connectivity index (χ2n) is 7.44. The van der Waals surface area contributed by atoms with E-state index in [4.69, 9.17) is 0 Å². The molecule has 1 aliphatic heterocycles. The molecule has 122 valence electrons. The van der Waals surface area contributed by atoms with Crippen LogP contribution in [0.4, 0.5) is 0 Å². The van der Waals surface area contributed by atoms with Crippen LogP contribution >= 0.6 is 0 Å². The van der Waals surface area contributed by atoms with Crippen molar-refractivity contribution in [2.75, 3.05) is 20.1 Å². The van der Waals surface area contributed by atoms with Crippen molar-refractivity contribution in [1.82, 2.24) is 9.47 Å². The molecule has 0 amide bonds. The van der Waals surface area contributed by atoms with Gasteiger partial charge in [-0.05, 0) is 87.7 Å². The van der Waals surface area contributed by atoms with E-state index in [0.717, 1.165) is 31.3 Å². The number of pyridine rings is 1. The number of nitrogens with zero attached hydrogens (tertiary/aromatic N) is 2. The quantitative estimate of drug-likeness (QED) is 0.849. The predicted octanol–water partition coefficient (Wildman–Crippen LogP) is 3.39. The highest BCUT2D eigenvalue weighted by Gasteiger charge is 2.25. The maximum absolute atomic E-state index is 13.1. The average Bonchev–Trinajstić information content (AvgIpc) is 2.58. The lowest BCUT2D eigenvalue weighted by atomic mass is 9.88. The summed E-state index contributed by atoms with van der Waals surface area (Å²) in [5.74, 6) is 0.611. The summed E-state index contributed by atoms with van der Waals surface area (Å²) in [6.45, 7) is 4.53. The third-order valence-corrected chi connectivity index (χ3v) is 6.01. The fourth-order valence-corrected chi connectivity index (χ4v) is 4.50. The van der Waals surface area contributed by atoms with Crippen molar-refractivity contribution in [2.45, 2.75) is 45.1 Å². The van der Waals surface area contributed by atoms with Crippen LogP contribution in [0.3, 0.4) is 0 Å². The molecule has 1 aromatic heterocycles. The maximum Gasteiger partial charge on any atom is 0.258 e. The first-order valence-corrected chi connectivity index (χ1v) is 8.99. The second-order valence-corrected chi connectivity index (χ2v) is 7.44. The second kappa shape index (κ2) is 5.79. The van der Waals surface area contributed by atoms with Gasteiger partial charge in [-0.1, -0.05) is 12.1 Å². The van der Waals surface area contributed by atoms with Gasteiger partial charge in [-0.2, -0.15) is 0 Å². The molecule has 1 aromatic carbocycles. The molecule has 2 aromatic rings. The Kier molecular flexibility index (Phi) is 3.76. The van der Waals surface area contributed by atoms with Crippen LogP contribution in [0.2, 0.25) is 0 Å². The molecule has 1 atom stereocenters. The van der Waals surface area contributed by atoms with E-state index in [-0.39, 0.29) is 5.56 Å². The summed E-state index contributed by atoms with van der Waals surface area (Å²) in [5.41, 5.74) is 2.94. The molecular formula is C20H26N2O. The van der Waals surface area contributed by atoms with Crippen LogP contribution in [-0.2, 0) is 12.8 Å². The molecule has 0 radical (unpaired) electrons. The number of aromatic nitrogens is 1. The molecule has 0 spiro atoms. The first-order valence-electron chi connectivity index (χ1n) is 8.99. The third-order valence-electron chi connectivity index (χ3n) is 6.01. The highest BCUT2D eigenvalue weighted by atomic mass is 16.1. The topological polar surface area (TPSA) is 25.2 Å². The van der Waals surface area contributed by atoms with Crippen LogP contribution in [0, 0.1) is 5.92 Å². The van der Waals surface area contributed by atoms with Crippen molar-refractivity contribution in [3.8, 4) is 0 Å².